The lowest BCUT2D eigenvalue weighted by atomic mass is 9.86. The molecule has 1 aromatic rings. The highest BCUT2D eigenvalue weighted by atomic mass is 16.2. The Hall–Kier alpha value is -1.66. The molecule has 18 heavy (non-hydrogen) atoms. The second-order valence-electron chi connectivity index (χ2n) is 5.23. The van der Waals surface area contributed by atoms with Gasteiger partial charge in [0.2, 0.25) is 0 Å². The van der Waals surface area contributed by atoms with Crippen molar-refractivity contribution in [1.82, 2.24) is 25.5 Å². The Morgan fingerprint density at radius 1 is 1.39 bits per heavy atom. The zero-order valence-corrected chi connectivity index (χ0v) is 10.2. The molecule has 0 spiro atoms. The topological polar surface area (TPSA) is 101 Å². The number of aromatic amines is 1. The number of amides is 2. The number of likely N-dealkylation sites (tertiary alicyclic amines) is 1. The fourth-order valence-corrected chi connectivity index (χ4v) is 3.07. The van der Waals surface area contributed by atoms with Crippen LogP contribution >= 0.6 is 0 Å². The third-order valence-electron chi connectivity index (χ3n) is 4.04. The number of hydrogen-bond acceptors (Lipinski definition) is 4. The Labute approximate surface area is 105 Å². The molecule has 3 rings (SSSR count). The average molecular weight is 250 g/mol. The second-order valence-corrected chi connectivity index (χ2v) is 5.23. The Balaban J connectivity index is 1.86. The largest absolute Gasteiger partial charge is 0.351 e. The molecule has 98 valence electrons. The van der Waals surface area contributed by atoms with E-state index in [1.54, 1.807) is 4.90 Å². The number of rotatable bonds is 3. The first-order valence-electron chi connectivity index (χ1n) is 6.57. The zero-order chi connectivity index (χ0) is 12.5. The fraction of sp³-hybridized carbons (Fsp3) is 0.818. The Bertz CT molecular complexity index is 415. The molecule has 7 nitrogen and oxygen atoms in total. The predicted molar refractivity (Wildman–Crippen MR) is 63.6 cm³/mol. The van der Waals surface area contributed by atoms with Crippen molar-refractivity contribution in [2.45, 2.75) is 44.1 Å². The first kappa shape index (κ1) is 11.4. The number of nitrogens with two attached hydrogens (primary N) is 1. The summed E-state index contributed by atoms with van der Waals surface area (Å²) in [6, 6.07) is -0.185. The van der Waals surface area contributed by atoms with Crippen molar-refractivity contribution in [3.63, 3.8) is 0 Å². The number of piperidine rings is 1. The van der Waals surface area contributed by atoms with E-state index in [1.165, 1.54) is 12.8 Å². The van der Waals surface area contributed by atoms with Crippen LogP contribution in [0, 0.1) is 5.92 Å². The molecule has 2 atom stereocenters. The summed E-state index contributed by atoms with van der Waals surface area (Å²) in [5, 5.41) is 14.4. The van der Waals surface area contributed by atoms with Gasteiger partial charge in [0.05, 0.1) is 0 Å². The summed E-state index contributed by atoms with van der Waals surface area (Å²) in [4.78, 5) is 13.4. The maximum absolute atomic E-state index is 11.6. The summed E-state index contributed by atoms with van der Waals surface area (Å²) >= 11 is 0. The van der Waals surface area contributed by atoms with Gasteiger partial charge in [-0.2, -0.15) is 5.21 Å². The Morgan fingerprint density at radius 2 is 2.22 bits per heavy atom. The predicted octanol–water partition coefficient (Wildman–Crippen LogP) is 0.626. The molecule has 1 aromatic heterocycles. The van der Waals surface area contributed by atoms with Crippen molar-refractivity contribution in [2.24, 2.45) is 11.7 Å². The molecule has 1 aliphatic heterocycles. The maximum atomic E-state index is 11.6. The average Bonchev–Trinajstić information content (AvgIpc) is 3.05. The Morgan fingerprint density at radius 3 is 2.83 bits per heavy atom. The minimum atomic E-state index is -0.325. The molecule has 1 saturated heterocycles. The lowest BCUT2D eigenvalue weighted by Gasteiger charge is -2.38. The number of carbonyl (C=O) groups excluding carboxylic acids is 1. The van der Waals surface area contributed by atoms with Gasteiger partial charge >= 0.3 is 6.03 Å². The van der Waals surface area contributed by atoms with E-state index in [-0.39, 0.29) is 18.0 Å². The van der Waals surface area contributed by atoms with E-state index in [0.717, 1.165) is 31.6 Å². The van der Waals surface area contributed by atoms with Crippen LogP contribution in [0.25, 0.3) is 0 Å². The number of H-pyrrole nitrogens is 1. The number of hydrogen-bond donors (Lipinski definition) is 2. The zero-order valence-electron chi connectivity index (χ0n) is 10.2. The summed E-state index contributed by atoms with van der Waals surface area (Å²) in [7, 11) is 0. The standard InChI is InChI=1S/C11H18N6O/c12-11(18)17-6-2-1-3-8(17)9(7-4-5-7)10-13-15-16-14-10/h7-9H,1-6H2,(H2,12,18)(H,13,14,15,16). The highest BCUT2D eigenvalue weighted by Gasteiger charge is 2.43. The summed E-state index contributed by atoms with van der Waals surface area (Å²) < 4.78 is 0. The van der Waals surface area contributed by atoms with Gasteiger partial charge in [0.15, 0.2) is 5.82 Å². The quantitative estimate of drug-likeness (QED) is 0.821. The van der Waals surface area contributed by atoms with E-state index >= 15 is 0 Å². The number of urea groups is 1. The number of tetrazole rings is 1. The van der Waals surface area contributed by atoms with Crippen molar-refractivity contribution < 1.29 is 4.79 Å². The number of carbonyl (C=O) groups is 1. The van der Waals surface area contributed by atoms with Gasteiger partial charge in [0, 0.05) is 18.5 Å². The first-order chi connectivity index (χ1) is 8.77. The lowest BCUT2D eigenvalue weighted by Crippen LogP contribution is -2.49. The fourth-order valence-electron chi connectivity index (χ4n) is 3.07. The normalized spacial score (nSPS) is 26.0. The SMILES string of the molecule is NC(=O)N1CCCCC1C(c1nn[nH]n1)C1CC1. The molecule has 2 fully saturated rings. The van der Waals surface area contributed by atoms with Crippen molar-refractivity contribution in [2.75, 3.05) is 6.54 Å². The third kappa shape index (κ3) is 2.04. The van der Waals surface area contributed by atoms with Gasteiger partial charge < -0.3 is 10.6 Å². The van der Waals surface area contributed by atoms with Crippen LogP contribution in [0.3, 0.4) is 0 Å². The van der Waals surface area contributed by atoms with Crippen molar-refractivity contribution >= 4 is 6.03 Å². The molecule has 2 unspecified atom stereocenters. The molecule has 3 N–H and O–H groups in total. The monoisotopic (exact) mass is 250 g/mol. The number of aromatic nitrogens is 4. The smallest absolute Gasteiger partial charge is 0.315 e. The molecule has 2 heterocycles. The van der Waals surface area contributed by atoms with Crippen LogP contribution < -0.4 is 5.73 Å². The molecule has 2 amide bonds. The minimum Gasteiger partial charge on any atom is -0.351 e. The molecule has 1 aliphatic carbocycles. The van der Waals surface area contributed by atoms with Crippen LogP contribution in [0.15, 0.2) is 0 Å². The van der Waals surface area contributed by atoms with Gasteiger partial charge in [0.25, 0.3) is 0 Å². The van der Waals surface area contributed by atoms with Crippen molar-refractivity contribution in [1.29, 1.82) is 0 Å². The second kappa shape index (κ2) is 4.55. The molecule has 0 bridgehead atoms. The van der Waals surface area contributed by atoms with Crippen LogP contribution in [-0.2, 0) is 0 Å². The molecule has 0 radical (unpaired) electrons. The van der Waals surface area contributed by atoms with Crippen LogP contribution in [0.2, 0.25) is 0 Å². The van der Waals surface area contributed by atoms with E-state index in [0.29, 0.717) is 5.92 Å². The maximum Gasteiger partial charge on any atom is 0.315 e. The molecule has 1 saturated carbocycles. The minimum absolute atomic E-state index is 0.140. The van der Waals surface area contributed by atoms with Crippen LogP contribution in [0.1, 0.15) is 43.8 Å². The number of nitrogens with one attached hydrogen (secondary N) is 1. The number of primary amides is 1. The molecular weight excluding hydrogens is 232 g/mol. The van der Waals surface area contributed by atoms with E-state index in [2.05, 4.69) is 20.6 Å². The van der Waals surface area contributed by atoms with Crippen LogP contribution in [0.5, 0.6) is 0 Å². The van der Waals surface area contributed by atoms with Gasteiger partial charge in [-0.25, -0.2) is 4.79 Å². The van der Waals surface area contributed by atoms with Crippen molar-refractivity contribution in [3.05, 3.63) is 5.82 Å². The highest BCUT2D eigenvalue weighted by molar-refractivity contribution is 5.72. The molecular formula is C11H18N6O. The van der Waals surface area contributed by atoms with Gasteiger partial charge in [-0.15, -0.1) is 10.2 Å². The van der Waals surface area contributed by atoms with Gasteiger partial charge in [-0.05, 0) is 38.0 Å². The third-order valence-corrected chi connectivity index (χ3v) is 4.04. The molecule has 7 heteroatoms. The van der Waals surface area contributed by atoms with Gasteiger partial charge in [-0.3, -0.25) is 0 Å². The molecule has 2 aliphatic rings. The lowest BCUT2D eigenvalue weighted by molar-refractivity contribution is 0.136. The van der Waals surface area contributed by atoms with E-state index in [9.17, 15) is 4.79 Å². The summed E-state index contributed by atoms with van der Waals surface area (Å²) in [5.74, 6) is 1.50. The van der Waals surface area contributed by atoms with Gasteiger partial charge in [-0.1, -0.05) is 5.21 Å². The Kier molecular flexibility index (Phi) is 2.89. The molecule has 0 aromatic carbocycles. The van der Waals surface area contributed by atoms with Crippen molar-refractivity contribution in [3.8, 4) is 0 Å². The first-order valence-corrected chi connectivity index (χ1v) is 6.57. The van der Waals surface area contributed by atoms with Crippen LogP contribution in [-0.4, -0.2) is 44.1 Å². The highest BCUT2D eigenvalue weighted by Crippen LogP contribution is 2.46. The van der Waals surface area contributed by atoms with Gasteiger partial charge in [0.1, 0.15) is 0 Å². The van der Waals surface area contributed by atoms with E-state index < -0.39 is 0 Å². The van der Waals surface area contributed by atoms with E-state index in [1.807, 2.05) is 0 Å². The van der Waals surface area contributed by atoms with E-state index in [4.69, 9.17) is 5.73 Å². The summed E-state index contributed by atoms with van der Waals surface area (Å²) in [6.07, 6.45) is 5.52. The van der Waals surface area contributed by atoms with Crippen LogP contribution in [0.4, 0.5) is 4.79 Å². The summed E-state index contributed by atoms with van der Waals surface area (Å²) in [5.41, 5.74) is 5.49. The summed E-state index contributed by atoms with van der Waals surface area (Å²) in [6.45, 7) is 0.751. The number of nitrogens with zero attached hydrogens (tertiary/aromatic N) is 4.